The largest absolute Gasteiger partial charge is 0.342 e. The molecule has 0 radical (unpaired) electrons. The molecule has 2 aliphatic carbocycles. The number of halogens is 1. The molecule has 0 amide bonds. The fourth-order valence-electron chi connectivity index (χ4n) is 7.34. The van der Waals surface area contributed by atoms with E-state index in [4.69, 9.17) is 10.7 Å². The Kier molecular flexibility index (Phi) is 4.74. The molecular formula is C29H31FN6O. The van der Waals surface area contributed by atoms with Crippen molar-refractivity contribution in [2.24, 2.45) is 11.1 Å². The fourth-order valence-corrected chi connectivity index (χ4v) is 7.34. The van der Waals surface area contributed by atoms with E-state index >= 15 is 0 Å². The van der Waals surface area contributed by atoms with Crippen LogP contribution in [0.4, 0.5) is 10.3 Å². The van der Waals surface area contributed by atoms with Crippen LogP contribution in [0.5, 0.6) is 0 Å². The van der Waals surface area contributed by atoms with Crippen LogP contribution >= 0.6 is 0 Å². The molecule has 3 aliphatic rings. The van der Waals surface area contributed by atoms with Gasteiger partial charge in [-0.25, -0.2) is 4.39 Å². The molecular weight excluding hydrogens is 467 g/mol. The standard InChI is InChI=1S/C29H31FN6O/c1-28(2)15-19(18-8-5-9-20(30)22(18)28)23-21-25(35-34-23)32-27(33-26(21)37)36-12-10-29(11-13-36)14-16-6-3-4-7-17(16)24(29)31/h3-9,19,24H,10-15,31H2,1-2H3,(H2,32,33,34,35,37)/t19?,24-/m1/s1. The number of hydrogen-bond acceptors (Lipinski definition) is 5. The third kappa shape index (κ3) is 3.24. The molecule has 8 heteroatoms. The van der Waals surface area contributed by atoms with E-state index in [1.165, 1.54) is 17.2 Å². The minimum Gasteiger partial charge on any atom is -0.342 e. The molecule has 4 aromatic rings. The average Bonchev–Trinajstić information content (AvgIpc) is 3.51. The van der Waals surface area contributed by atoms with Crippen molar-refractivity contribution in [3.8, 4) is 0 Å². The lowest BCUT2D eigenvalue weighted by atomic mass is 9.73. The zero-order valence-corrected chi connectivity index (χ0v) is 21.1. The van der Waals surface area contributed by atoms with Crippen molar-refractivity contribution in [1.82, 2.24) is 20.2 Å². The lowest BCUT2D eigenvalue weighted by Gasteiger charge is -2.42. The summed E-state index contributed by atoms with van der Waals surface area (Å²) in [6.45, 7) is 5.64. The van der Waals surface area contributed by atoms with Crippen LogP contribution < -0.4 is 16.2 Å². The quantitative estimate of drug-likeness (QED) is 0.379. The van der Waals surface area contributed by atoms with Crippen molar-refractivity contribution in [2.45, 2.75) is 56.9 Å². The summed E-state index contributed by atoms with van der Waals surface area (Å²) in [5, 5.41) is 7.99. The molecule has 7 rings (SSSR count). The van der Waals surface area contributed by atoms with Crippen LogP contribution in [-0.4, -0.2) is 33.3 Å². The maximum absolute atomic E-state index is 14.7. The Morgan fingerprint density at radius 3 is 2.62 bits per heavy atom. The van der Waals surface area contributed by atoms with Gasteiger partial charge >= 0.3 is 0 Å². The Balaban J connectivity index is 1.18. The first kappa shape index (κ1) is 22.7. The zero-order valence-electron chi connectivity index (χ0n) is 21.1. The number of benzene rings is 2. The van der Waals surface area contributed by atoms with Crippen molar-refractivity contribution in [3.63, 3.8) is 0 Å². The molecule has 2 atom stereocenters. The maximum atomic E-state index is 14.7. The predicted molar refractivity (Wildman–Crippen MR) is 141 cm³/mol. The van der Waals surface area contributed by atoms with E-state index in [1.54, 1.807) is 6.07 Å². The molecule has 1 spiro atoms. The number of rotatable bonds is 2. The van der Waals surface area contributed by atoms with Gasteiger partial charge in [-0.2, -0.15) is 10.1 Å². The lowest BCUT2D eigenvalue weighted by molar-refractivity contribution is 0.187. The van der Waals surface area contributed by atoms with Crippen molar-refractivity contribution in [3.05, 3.63) is 86.6 Å². The first-order valence-corrected chi connectivity index (χ1v) is 13.1. The van der Waals surface area contributed by atoms with Gasteiger partial charge in [-0.05, 0) is 64.8 Å². The van der Waals surface area contributed by atoms with Gasteiger partial charge in [0, 0.05) is 25.0 Å². The highest BCUT2D eigenvalue weighted by Gasteiger charge is 2.46. The number of nitrogens with two attached hydrogens (primary N) is 1. The van der Waals surface area contributed by atoms with E-state index in [-0.39, 0.29) is 34.2 Å². The number of nitrogens with one attached hydrogen (secondary N) is 2. The zero-order chi connectivity index (χ0) is 25.5. The summed E-state index contributed by atoms with van der Waals surface area (Å²) in [7, 11) is 0. The second-order valence-corrected chi connectivity index (χ2v) is 11.8. The van der Waals surface area contributed by atoms with Crippen LogP contribution in [0, 0.1) is 11.2 Å². The normalized spacial score (nSPS) is 23.5. The van der Waals surface area contributed by atoms with Gasteiger partial charge in [0.05, 0.1) is 5.69 Å². The van der Waals surface area contributed by atoms with Gasteiger partial charge in [-0.15, -0.1) is 0 Å². The molecule has 1 saturated heterocycles. The number of nitrogens with zero attached hydrogens (tertiary/aromatic N) is 3. The number of hydrogen-bond donors (Lipinski definition) is 3. The number of H-pyrrole nitrogens is 2. The monoisotopic (exact) mass is 498 g/mol. The summed E-state index contributed by atoms with van der Waals surface area (Å²) in [4.78, 5) is 23.3. The van der Waals surface area contributed by atoms with E-state index in [9.17, 15) is 9.18 Å². The molecule has 2 aromatic carbocycles. The van der Waals surface area contributed by atoms with E-state index in [0.717, 1.165) is 43.5 Å². The summed E-state index contributed by atoms with van der Waals surface area (Å²) in [6, 6.07) is 13.7. The van der Waals surface area contributed by atoms with Crippen molar-refractivity contribution in [1.29, 1.82) is 0 Å². The van der Waals surface area contributed by atoms with Crippen LogP contribution in [0.25, 0.3) is 11.0 Å². The second-order valence-electron chi connectivity index (χ2n) is 11.8. The minimum atomic E-state index is -0.340. The van der Waals surface area contributed by atoms with Crippen LogP contribution in [0.3, 0.4) is 0 Å². The molecule has 2 aromatic heterocycles. The van der Waals surface area contributed by atoms with Crippen LogP contribution in [0.15, 0.2) is 47.3 Å². The minimum absolute atomic E-state index is 0.0395. The molecule has 190 valence electrons. The second kappa shape index (κ2) is 7.74. The average molecular weight is 499 g/mol. The van der Waals surface area contributed by atoms with Gasteiger partial charge < -0.3 is 10.6 Å². The Morgan fingerprint density at radius 1 is 1.08 bits per heavy atom. The Labute approximate surface area is 214 Å². The van der Waals surface area contributed by atoms with Gasteiger partial charge in [-0.1, -0.05) is 50.2 Å². The molecule has 1 unspecified atom stereocenters. The van der Waals surface area contributed by atoms with Gasteiger partial charge in [-0.3, -0.25) is 14.9 Å². The van der Waals surface area contributed by atoms with Crippen LogP contribution in [-0.2, 0) is 11.8 Å². The summed E-state index contributed by atoms with van der Waals surface area (Å²) in [5.74, 6) is 0.212. The fraction of sp³-hybridized carbons (Fsp3) is 0.414. The molecule has 1 fully saturated rings. The topological polar surface area (TPSA) is 104 Å². The van der Waals surface area contributed by atoms with Crippen molar-refractivity contribution < 1.29 is 4.39 Å². The van der Waals surface area contributed by atoms with E-state index in [1.807, 2.05) is 19.9 Å². The summed E-state index contributed by atoms with van der Waals surface area (Å²) < 4.78 is 14.7. The van der Waals surface area contributed by atoms with E-state index in [2.05, 4.69) is 44.3 Å². The number of aromatic nitrogens is 4. The Hall–Kier alpha value is -3.52. The molecule has 1 aliphatic heterocycles. The van der Waals surface area contributed by atoms with Crippen molar-refractivity contribution >= 4 is 17.0 Å². The first-order valence-electron chi connectivity index (χ1n) is 13.1. The molecule has 3 heterocycles. The smallest absolute Gasteiger partial charge is 0.263 e. The Bertz CT molecular complexity index is 1600. The molecule has 37 heavy (non-hydrogen) atoms. The summed E-state index contributed by atoms with van der Waals surface area (Å²) >= 11 is 0. The molecule has 0 bridgehead atoms. The molecule has 0 saturated carbocycles. The maximum Gasteiger partial charge on any atom is 0.263 e. The van der Waals surface area contributed by atoms with Gasteiger partial charge in [0.1, 0.15) is 11.2 Å². The number of aromatic amines is 2. The van der Waals surface area contributed by atoms with Gasteiger partial charge in [0.2, 0.25) is 5.95 Å². The van der Waals surface area contributed by atoms with Crippen LogP contribution in [0.2, 0.25) is 0 Å². The molecule has 4 N–H and O–H groups in total. The highest BCUT2D eigenvalue weighted by Crippen LogP contribution is 2.51. The highest BCUT2D eigenvalue weighted by molar-refractivity contribution is 5.79. The van der Waals surface area contributed by atoms with Gasteiger partial charge in [0.15, 0.2) is 5.65 Å². The molecule has 7 nitrogen and oxygen atoms in total. The van der Waals surface area contributed by atoms with Gasteiger partial charge in [0.25, 0.3) is 5.56 Å². The highest BCUT2D eigenvalue weighted by atomic mass is 19.1. The SMILES string of the molecule is CC1(C)CC(c2[nH]nc3nc(N4CCC5(CC4)Cc4ccccc4[C@H]5N)[nH]c(=O)c23)c2cccc(F)c21. The third-order valence-electron chi connectivity index (χ3n) is 9.25. The third-order valence-corrected chi connectivity index (χ3v) is 9.25. The number of piperidine rings is 1. The summed E-state index contributed by atoms with van der Waals surface area (Å²) in [5.41, 5.74) is 11.6. The lowest BCUT2D eigenvalue weighted by Crippen LogP contribution is -2.45. The van der Waals surface area contributed by atoms with E-state index < -0.39 is 0 Å². The Morgan fingerprint density at radius 2 is 1.84 bits per heavy atom. The number of fused-ring (bicyclic) bond motifs is 3. The summed E-state index contributed by atoms with van der Waals surface area (Å²) in [6.07, 6.45) is 3.58. The van der Waals surface area contributed by atoms with E-state index in [0.29, 0.717) is 29.1 Å². The van der Waals surface area contributed by atoms with Crippen LogP contribution in [0.1, 0.15) is 73.0 Å². The first-order chi connectivity index (χ1) is 17.8. The van der Waals surface area contributed by atoms with Crippen molar-refractivity contribution in [2.75, 3.05) is 18.0 Å². The predicted octanol–water partition coefficient (Wildman–Crippen LogP) is 4.44. The number of anilines is 1.